The van der Waals surface area contributed by atoms with Crippen LogP contribution in [-0.2, 0) is 9.53 Å². The average Bonchev–Trinajstić information content (AvgIpc) is 2.46. The van der Waals surface area contributed by atoms with Crippen molar-refractivity contribution < 1.29 is 24.4 Å². The highest BCUT2D eigenvalue weighted by Crippen LogP contribution is 2.32. The van der Waals surface area contributed by atoms with Crippen molar-refractivity contribution in [2.45, 2.75) is 19.9 Å². The molecule has 9 nitrogen and oxygen atoms in total. The number of nitro groups is 1. The number of amides is 2. The summed E-state index contributed by atoms with van der Waals surface area (Å²) in [4.78, 5) is 33.9. The van der Waals surface area contributed by atoms with E-state index < -0.39 is 34.4 Å². The minimum absolute atomic E-state index is 0.124. The number of ether oxygens (including phenoxy) is 1. The fourth-order valence-electron chi connectivity index (χ4n) is 2.28. The van der Waals surface area contributed by atoms with Crippen molar-refractivity contribution >= 4 is 17.7 Å². The van der Waals surface area contributed by atoms with Crippen molar-refractivity contribution in [1.29, 1.82) is 0 Å². The summed E-state index contributed by atoms with van der Waals surface area (Å²) in [5.74, 6) is -1.41. The number of nitrogens with zero attached hydrogens (tertiary/aromatic N) is 1. The molecule has 2 N–H and O–H groups in total. The van der Waals surface area contributed by atoms with E-state index in [0.717, 1.165) is 12.1 Å². The van der Waals surface area contributed by atoms with Crippen molar-refractivity contribution in [3.63, 3.8) is 0 Å². The van der Waals surface area contributed by atoms with Gasteiger partial charge in [-0.2, -0.15) is 0 Å². The summed E-state index contributed by atoms with van der Waals surface area (Å²) >= 11 is 0. The van der Waals surface area contributed by atoms with E-state index in [0.29, 0.717) is 0 Å². The number of esters is 1. The normalized spacial score (nSPS) is 17.3. The molecule has 23 heavy (non-hydrogen) atoms. The zero-order valence-corrected chi connectivity index (χ0v) is 12.4. The molecule has 0 bridgehead atoms. The molecule has 0 fully saturated rings. The van der Waals surface area contributed by atoms with Crippen LogP contribution >= 0.6 is 0 Å². The van der Waals surface area contributed by atoms with Crippen molar-refractivity contribution in [3.05, 3.63) is 45.1 Å². The van der Waals surface area contributed by atoms with Crippen LogP contribution in [0.2, 0.25) is 0 Å². The number of hydrogen-bond acceptors (Lipinski definition) is 6. The van der Waals surface area contributed by atoms with E-state index in [2.05, 4.69) is 10.6 Å². The van der Waals surface area contributed by atoms with E-state index in [9.17, 15) is 24.8 Å². The maximum atomic E-state index is 12.1. The average molecular weight is 320 g/mol. The zero-order chi connectivity index (χ0) is 17.1. The van der Waals surface area contributed by atoms with Gasteiger partial charge >= 0.3 is 12.0 Å². The number of rotatable bonds is 4. The van der Waals surface area contributed by atoms with Gasteiger partial charge in [0.25, 0.3) is 5.69 Å². The molecule has 1 aromatic carbocycles. The highest BCUT2D eigenvalue weighted by atomic mass is 16.6. The Kier molecular flexibility index (Phi) is 4.49. The highest BCUT2D eigenvalue weighted by Gasteiger charge is 2.32. The van der Waals surface area contributed by atoms with E-state index in [1.165, 1.54) is 13.0 Å². The number of nitrogens with one attached hydrogen (secondary N) is 2. The summed E-state index contributed by atoms with van der Waals surface area (Å²) in [5, 5.41) is 27.4. The van der Waals surface area contributed by atoms with Crippen LogP contribution in [0.25, 0.3) is 0 Å². The largest absolute Gasteiger partial charge is 0.868 e. The van der Waals surface area contributed by atoms with Gasteiger partial charge < -0.3 is 20.5 Å². The van der Waals surface area contributed by atoms with Gasteiger partial charge in [0.15, 0.2) is 0 Å². The van der Waals surface area contributed by atoms with Gasteiger partial charge in [-0.1, -0.05) is 12.1 Å². The number of carbonyl (C=O) groups excluding carboxylic acids is 2. The van der Waals surface area contributed by atoms with Crippen LogP contribution in [0.4, 0.5) is 10.5 Å². The van der Waals surface area contributed by atoms with Crippen LogP contribution < -0.4 is 15.7 Å². The summed E-state index contributed by atoms with van der Waals surface area (Å²) in [7, 11) is 0. The smallest absolute Gasteiger partial charge is 0.338 e. The van der Waals surface area contributed by atoms with Crippen molar-refractivity contribution in [3.8, 4) is 5.75 Å². The molecule has 0 spiro atoms. The third-order valence-corrected chi connectivity index (χ3v) is 3.28. The van der Waals surface area contributed by atoms with E-state index in [-0.39, 0.29) is 23.4 Å². The van der Waals surface area contributed by atoms with Crippen LogP contribution in [0.5, 0.6) is 5.75 Å². The molecule has 1 aliphatic heterocycles. The monoisotopic (exact) mass is 320 g/mol. The molecule has 0 aliphatic carbocycles. The Morgan fingerprint density at radius 3 is 2.74 bits per heavy atom. The third kappa shape index (κ3) is 3.23. The molecule has 1 atom stereocenters. The molecule has 122 valence electrons. The number of hydrogen-bond donors (Lipinski definition) is 2. The molecule has 0 radical (unpaired) electrons. The van der Waals surface area contributed by atoms with Gasteiger partial charge in [0.2, 0.25) is 0 Å². The second-order valence-corrected chi connectivity index (χ2v) is 4.77. The third-order valence-electron chi connectivity index (χ3n) is 3.28. The Morgan fingerprint density at radius 2 is 2.13 bits per heavy atom. The van der Waals surface area contributed by atoms with E-state index >= 15 is 0 Å². The maximum absolute atomic E-state index is 12.1. The summed E-state index contributed by atoms with van der Waals surface area (Å²) in [6.07, 6.45) is 0. The lowest BCUT2D eigenvalue weighted by molar-refractivity contribution is -0.398. The minimum Gasteiger partial charge on any atom is -0.868 e. The first-order valence-electron chi connectivity index (χ1n) is 6.76. The molecule has 0 aromatic heterocycles. The van der Waals surface area contributed by atoms with Crippen LogP contribution in [0.3, 0.4) is 0 Å². The summed E-state index contributed by atoms with van der Waals surface area (Å²) in [5.41, 5.74) is 0.0233. The van der Waals surface area contributed by atoms with Gasteiger partial charge in [-0.3, -0.25) is 10.1 Å². The van der Waals surface area contributed by atoms with Crippen molar-refractivity contribution in [2.75, 3.05) is 6.61 Å². The lowest BCUT2D eigenvalue weighted by atomic mass is 9.95. The lowest BCUT2D eigenvalue weighted by Gasteiger charge is -2.28. The molecule has 2 amide bonds. The molecule has 9 heteroatoms. The van der Waals surface area contributed by atoms with E-state index in [4.69, 9.17) is 4.74 Å². The molecule has 1 heterocycles. The summed E-state index contributed by atoms with van der Waals surface area (Å²) in [6, 6.07) is 1.90. The molecule has 0 saturated carbocycles. The Labute approximate surface area is 131 Å². The molecule has 2 rings (SSSR count). The first-order chi connectivity index (χ1) is 10.8. The van der Waals surface area contributed by atoms with Gasteiger partial charge in [0.1, 0.15) is 0 Å². The Bertz CT molecular complexity index is 712. The number of carbonyl (C=O) groups is 2. The molecular weight excluding hydrogens is 306 g/mol. The molecule has 1 aliphatic rings. The predicted octanol–water partition coefficient (Wildman–Crippen LogP) is 0.859. The van der Waals surface area contributed by atoms with Crippen LogP contribution in [0.1, 0.15) is 25.5 Å². The topological polar surface area (TPSA) is 134 Å². The van der Waals surface area contributed by atoms with E-state index in [1.54, 1.807) is 6.92 Å². The van der Waals surface area contributed by atoms with Gasteiger partial charge in [-0.15, -0.1) is 0 Å². The van der Waals surface area contributed by atoms with Gasteiger partial charge in [0.05, 0.1) is 23.1 Å². The van der Waals surface area contributed by atoms with Crippen LogP contribution in [-0.4, -0.2) is 23.5 Å². The Hall–Kier alpha value is -3.10. The van der Waals surface area contributed by atoms with Gasteiger partial charge in [-0.25, -0.2) is 9.59 Å². The maximum Gasteiger partial charge on any atom is 0.338 e. The SMILES string of the molecule is CCOC(=O)C1=C(C)NC(=O)N[C@@H]1c1ccc([O-])c([N+](=O)[O-])c1. The summed E-state index contributed by atoms with van der Waals surface area (Å²) < 4.78 is 4.96. The summed E-state index contributed by atoms with van der Waals surface area (Å²) in [6.45, 7) is 3.29. The zero-order valence-electron chi connectivity index (χ0n) is 12.4. The van der Waals surface area contributed by atoms with Crippen LogP contribution in [0.15, 0.2) is 29.5 Å². The molecule has 0 saturated heterocycles. The van der Waals surface area contributed by atoms with Gasteiger partial charge in [0, 0.05) is 11.8 Å². The number of benzene rings is 1. The standard InChI is InChI=1S/C14H15N3O6/c1-3-23-13(19)11-7(2)15-14(20)16-12(11)8-4-5-10(18)9(6-8)17(21)22/h4-6,12,18H,3H2,1-2H3,(H2,15,16,20)/p-1/t12-/m1/s1. The number of nitro benzene ring substituents is 1. The predicted molar refractivity (Wildman–Crippen MR) is 76.3 cm³/mol. The van der Waals surface area contributed by atoms with Gasteiger partial charge in [-0.05, 0) is 25.2 Å². The lowest BCUT2D eigenvalue weighted by Crippen LogP contribution is -2.45. The minimum atomic E-state index is -0.943. The van der Waals surface area contributed by atoms with E-state index in [1.807, 2.05) is 0 Å². The second-order valence-electron chi connectivity index (χ2n) is 4.77. The molecule has 1 aromatic rings. The fourth-order valence-corrected chi connectivity index (χ4v) is 2.28. The Balaban J connectivity index is 2.52. The molecule has 0 unspecified atom stereocenters. The van der Waals surface area contributed by atoms with Crippen LogP contribution in [0, 0.1) is 10.1 Å². The molecular formula is C14H14N3O6-. The first kappa shape index (κ1) is 16.3. The first-order valence-corrected chi connectivity index (χ1v) is 6.76. The number of urea groups is 1. The second kappa shape index (κ2) is 6.34. The fraction of sp³-hybridized carbons (Fsp3) is 0.286. The van der Waals surface area contributed by atoms with Crippen molar-refractivity contribution in [2.24, 2.45) is 0 Å². The van der Waals surface area contributed by atoms with Crippen molar-refractivity contribution in [1.82, 2.24) is 10.6 Å². The Morgan fingerprint density at radius 1 is 1.43 bits per heavy atom. The number of allylic oxidation sites excluding steroid dienone is 1. The highest BCUT2D eigenvalue weighted by molar-refractivity contribution is 5.95. The quantitative estimate of drug-likeness (QED) is 0.480.